The lowest BCUT2D eigenvalue weighted by molar-refractivity contribution is -0.118. The second kappa shape index (κ2) is 9.79. The number of hydrogen-bond donors (Lipinski definition) is 1. The number of nitrogens with zero attached hydrogens (tertiary/aromatic N) is 4. The molecule has 0 bridgehead atoms. The van der Waals surface area contributed by atoms with Crippen molar-refractivity contribution in [2.24, 2.45) is 10.1 Å². The molecule has 0 radical (unpaired) electrons. The van der Waals surface area contributed by atoms with Crippen LogP contribution < -0.4 is 14.9 Å². The number of rotatable bonds is 5. The number of ether oxygens (including phenoxy) is 1. The molecule has 0 saturated heterocycles. The van der Waals surface area contributed by atoms with E-state index in [1.54, 1.807) is 12.1 Å². The molecule has 1 aliphatic rings. The molecular weight excluding hydrogens is 458 g/mol. The van der Waals surface area contributed by atoms with Crippen LogP contribution in [0.1, 0.15) is 23.6 Å². The van der Waals surface area contributed by atoms with Crippen molar-refractivity contribution >= 4 is 28.6 Å². The van der Waals surface area contributed by atoms with Gasteiger partial charge in [0.15, 0.2) is 6.61 Å². The zero-order valence-corrected chi connectivity index (χ0v) is 19.7. The standard InChI is InChI=1S/C27H21N5O2S/c1-18(21-9-7-19(14-28)8-10-21)31-32-24(17-35-27(32)29-15-20-5-3-2-4-6-20)22-11-12-25-23(13-22)30-26(33)16-34-25/h2-13,17H,15-16H2,1H3,(H,30,33). The van der Waals surface area contributed by atoms with Crippen molar-refractivity contribution in [2.75, 3.05) is 11.9 Å². The SMILES string of the molecule is CC(=Nn1c(-c2ccc3c(c2)NC(=O)CO3)csc1=NCc1ccccc1)c1ccc(C#N)cc1. The zero-order valence-electron chi connectivity index (χ0n) is 18.9. The minimum atomic E-state index is -0.180. The van der Waals surface area contributed by atoms with E-state index in [0.29, 0.717) is 23.5 Å². The molecule has 0 atom stereocenters. The van der Waals surface area contributed by atoms with Crippen LogP contribution >= 0.6 is 11.3 Å². The predicted molar refractivity (Wildman–Crippen MR) is 136 cm³/mol. The van der Waals surface area contributed by atoms with Gasteiger partial charge in [0.25, 0.3) is 5.91 Å². The maximum atomic E-state index is 11.8. The Bertz CT molecular complexity index is 1530. The molecule has 1 aliphatic heterocycles. The third-order valence-electron chi connectivity index (χ3n) is 5.52. The topological polar surface area (TPSA) is 91.8 Å². The number of carbonyl (C=O) groups excluding carboxylic acids is 1. The van der Waals surface area contributed by atoms with Gasteiger partial charge in [-0.25, -0.2) is 4.68 Å². The molecule has 1 amide bonds. The number of anilines is 1. The lowest BCUT2D eigenvalue weighted by Crippen LogP contribution is -2.25. The lowest BCUT2D eigenvalue weighted by Gasteiger charge is -2.18. The van der Waals surface area contributed by atoms with Gasteiger partial charge >= 0.3 is 0 Å². The number of carbonyl (C=O) groups is 1. The molecule has 8 heteroatoms. The van der Waals surface area contributed by atoms with Gasteiger partial charge < -0.3 is 10.1 Å². The maximum absolute atomic E-state index is 11.8. The summed E-state index contributed by atoms with van der Waals surface area (Å²) in [6, 6.07) is 25.2. The Kier molecular flexibility index (Phi) is 6.24. The second-order valence-electron chi connectivity index (χ2n) is 7.94. The van der Waals surface area contributed by atoms with Crippen molar-refractivity contribution in [3.05, 3.63) is 99.7 Å². The summed E-state index contributed by atoms with van der Waals surface area (Å²) in [5.41, 5.74) is 5.75. The van der Waals surface area contributed by atoms with E-state index in [1.807, 2.05) is 77.6 Å². The van der Waals surface area contributed by atoms with Crippen molar-refractivity contribution in [1.82, 2.24) is 4.68 Å². The average molecular weight is 480 g/mol. The Morgan fingerprint density at radius 1 is 1.14 bits per heavy atom. The average Bonchev–Trinajstić information content (AvgIpc) is 3.29. The molecule has 0 fully saturated rings. The van der Waals surface area contributed by atoms with Crippen LogP contribution in [0, 0.1) is 11.3 Å². The van der Waals surface area contributed by atoms with Crippen molar-refractivity contribution in [2.45, 2.75) is 13.5 Å². The van der Waals surface area contributed by atoms with Crippen molar-refractivity contribution in [1.29, 1.82) is 5.26 Å². The fourth-order valence-electron chi connectivity index (χ4n) is 3.68. The highest BCUT2D eigenvalue weighted by molar-refractivity contribution is 7.07. The highest BCUT2D eigenvalue weighted by Crippen LogP contribution is 2.33. The van der Waals surface area contributed by atoms with E-state index in [2.05, 4.69) is 11.4 Å². The first-order valence-corrected chi connectivity index (χ1v) is 11.9. The monoisotopic (exact) mass is 479 g/mol. The van der Waals surface area contributed by atoms with E-state index < -0.39 is 0 Å². The summed E-state index contributed by atoms with van der Waals surface area (Å²) < 4.78 is 7.33. The third kappa shape index (κ3) is 4.90. The van der Waals surface area contributed by atoms with Crippen LogP contribution in [0.15, 0.2) is 88.3 Å². The van der Waals surface area contributed by atoms with Crippen LogP contribution in [0.3, 0.4) is 0 Å². The number of aromatic nitrogens is 1. The smallest absolute Gasteiger partial charge is 0.262 e. The van der Waals surface area contributed by atoms with E-state index in [0.717, 1.165) is 32.9 Å². The Morgan fingerprint density at radius 3 is 2.71 bits per heavy atom. The summed E-state index contributed by atoms with van der Waals surface area (Å²) >= 11 is 1.50. The highest BCUT2D eigenvalue weighted by Gasteiger charge is 2.18. The van der Waals surface area contributed by atoms with Crippen molar-refractivity contribution in [3.63, 3.8) is 0 Å². The van der Waals surface area contributed by atoms with Gasteiger partial charge in [-0.1, -0.05) is 42.5 Å². The fourth-order valence-corrected chi connectivity index (χ4v) is 4.51. The quantitative estimate of drug-likeness (QED) is 0.417. The molecule has 3 aromatic carbocycles. The van der Waals surface area contributed by atoms with E-state index in [1.165, 1.54) is 11.3 Å². The Hall–Kier alpha value is -4.48. The van der Waals surface area contributed by atoms with Crippen molar-refractivity contribution in [3.8, 4) is 23.1 Å². The molecule has 0 unspecified atom stereocenters. The van der Waals surface area contributed by atoms with Crippen LogP contribution in [0.5, 0.6) is 5.75 Å². The minimum Gasteiger partial charge on any atom is -0.482 e. The first kappa shape index (κ1) is 22.3. The van der Waals surface area contributed by atoms with Gasteiger partial charge in [0.1, 0.15) is 5.75 Å². The Morgan fingerprint density at radius 2 is 1.94 bits per heavy atom. The Balaban J connectivity index is 1.59. The van der Waals surface area contributed by atoms with Gasteiger partial charge in [0, 0.05) is 10.9 Å². The van der Waals surface area contributed by atoms with Crippen LogP contribution in [0.25, 0.3) is 11.3 Å². The number of fused-ring (bicyclic) bond motifs is 1. The second-order valence-corrected chi connectivity index (χ2v) is 8.78. The van der Waals surface area contributed by atoms with E-state index in [4.69, 9.17) is 20.1 Å². The van der Waals surface area contributed by atoms with Crippen LogP contribution in [0.4, 0.5) is 5.69 Å². The highest BCUT2D eigenvalue weighted by atomic mass is 32.1. The lowest BCUT2D eigenvalue weighted by atomic mass is 10.1. The van der Waals surface area contributed by atoms with Gasteiger partial charge in [-0.2, -0.15) is 10.4 Å². The molecular formula is C27H21N5O2S. The van der Waals surface area contributed by atoms with Gasteiger partial charge in [-0.05, 0) is 48.4 Å². The summed E-state index contributed by atoms with van der Waals surface area (Å²) in [5.74, 6) is 0.461. The van der Waals surface area contributed by atoms with Crippen molar-refractivity contribution < 1.29 is 9.53 Å². The van der Waals surface area contributed by atoms with Crippen LogP contribution in [0.2, 0.25) is 0 Å². The molecule has 5 rings (SSSR count). The van der Waals surface area contributed by atoms with Gasteiger partial charge in [0.05, 0.1) is 35.3 Å². The predicted octanol–water partition coefficient (Wildman–Crippen LogP) is 4.79. The molecule has 0 aliphatic carbocycles. The molecule has 35 heavy (non-hydrogen) atoms. The van der Waals surface area contributed by atoms with E-state index >= 15 is 0 Å². The first-order chi connectivity index (χ1) is 17.1. The minimum absolute atomic E-state index is 0.0153. The van der Waals surface area contributed by atoms with Crippen LogP contribution in [-0.2, 0) is 11.3 Å². The normalized spacial score (nSPS) is 13.5. The van der Waals surface area contributed by atoms with Crippen LogP contribution in [-0.4, -0.2) is 22.9 Å². The number of amides is 1. The summed E-state index contributed by atoms with van der Waals surface area (Å²) in [6.45, 7) is 2.47. The zero-order chi connectivity index (χ0) is 24.2. The number of thiazole rings is 1. The number of benzene rings is 3. The van der Waals surface area contributed by atoms with Gasteiger partial charge in [-0.15, -0.1) is 11.3 Å². The summed E-state index contributed by atoms with van der Waals surface area (Å²) in [5, 5.41) is 18.9. The van der Waals surface area contributed by atoms with E-state index in [9.17, 15) is 4.79 Å². The molecule has 0 spiro atoms. The van der Waals surface area contributed by atoms with Gasteiger partial charge in [-0.3, -0.25) is 9.79 Å². The molecule has 1 aromatic heterocycles. The number of nitrogens with one attached hydrogen (secondary N) is 1. The number of nitriles is 1. The molecule has 0 saturated carbocycles. The first-order valence-electron chi connectivity index (χ1n) is 11.0. The maximum Gasteiger partial charge on any atom is 0.262 e. The molecule has 7 nitrogen and oxygen atoms in total. The molecule has 2 heterocycles. The summed E-state index contributed by atoms with van der Waals surface area (Å²) in [6.07, 6.45) is 0. The molecule has 172 valence electrons. The van der Waals surface area contributed by atoms with E-state index in [-0.39, 0.29) is 12.5 Å². The summed E-state index contributed by atoms with van der Waals surface area (Å²) in [4.78, 5) is 17.4. The summed E-state index contributed by atoms with van der Waals surface area (Å²) in [7, 11) is 0. The fraction of sp³-hybridized carbons (Fsp3) is 0.111. The molecule has 1 N–H and O–H groups in total. The Labute approximate surface area is 206 Å². The third-order valence-corrected chi connectivity index (χ3v) is 6.37. The van der Waals surface area contributed by atoms with Gasteiger partial charge in [0.2, 0.25) is 4.80 Å². The molecule has 4 aromatic rings. The largest absolute Gasteiger partial charge is 0.482 e. The number of hydrogen-bond acceptors (Lipinski definition) is 6.